The van der Waals surface area contributed by atoms with Gasteiger partial charge in [0.15, 0.2) is 0 Å². The average Bonchev–Trinajstić information content (AvgIpc) is 2.24. The highest BCUT2D eigenvalue weighted by Crippen LogP contribution is 2.13. The molecule has 0 N–H and O–H groups in total. The van der Waals surface area contributed by atoms with Crippen LogP contribution in [0, 0.1) is 25.7 Å². The molecule has 0 bridgehead atoms. The van der Waals surface area contributed by atoms with Crippen molar-refractivity contribution in [1.29, 1.82) is 0 Å². The molecule has 0 radical (unpaired) electrons. The molecule has 0 atom stereocenters. The Kier molecular flexibility index (Phi) is 4.98. The molecule has 0 saturated carbocycles. The normalized spacial score (nSPS) is 9.53. The van der Waals surface area contributed by atoms with Crippen molar-refractivity contribution in [2.75, 3.05) is 0 Å². The van der Waals surface area contributed by atoms with Crippen molar-refractivity contribution >= 4 is 0 Å². The first-order chi connectivity index (χ1) is 7.25. The number of benzene rings is 1. The summed E-state index contributed by atoms with van der Waals surface area (Å²) in [6, 6.07) is 6.52. The van der Waals surface area contributed by atoms with E-state index in [9.17, 15) is 0 Å². The van der Waals surface area contributed by atoms with Gasteiger partial charge in [-0.1, -0.05) is 25.1 Å². The zero-order valence-corrected chi connectivity index (χ0v) is 10.1. The summed E-state index contributed by atoms with van der Waals surface area (Å²) in [6.07, 6.45) is 4.28. The summed E-state index contributed by atoms with van der Waals surface area (Å²) >= 11 is 0. The molecule has 1 aromatic rings. The van der Waals surface area contributed by atoms with Crippen LogP contribution in [0.2, 0.25) is 0 Å². The molecule has 80 valence electrons. The third-order valence-electron chi connectivity index (χ3n) is 2.74. The van der Waals surface area contributed by atoms with E-state index >= 15 is 0 Å². The van der Waals surface area contributed by atoms with Gasteiger partial charge < -0.3 is 0 Å². The van der Waals surface area contributed by atoms with Gasteiger partial charge in [0.1, 0.15) is 0 Å². The third-order valence-corrected chi connectivity index (χ3v) is 2.74. The SMILES string of the molecule is CCCC#CCCc1cccc(C)c1C. The lowest BCUT2D eigenvalue weighted by Gasteiger charge is -2.05. The van der Waals surface area contributed by atoms with Crippen LogP contribution < -0.4 is 0 Å². The van der Waals surface area contributed by atoms with Crippen molar-refractivity contribution in [2.24, 2.45) is 0 Å². The van der Waals surface area contributed by atoms with Crippen molar-refractivity contribution in [3.63, 3.8) is 0 Å². The zero-order chi connectivity index (χ0) is 11.1. The van der Waals surface area contributed by atoms with Gasteiger partial charge in [0.25, 0.3) is 0 Å². The lowest BCUT2D eigenvalue weighted by Crippen LogP contribution is -1.91. The predicted octanol–water partition coefficient (Wildman–Crippen LogP) is 4.04. The van der Waals surface area contributed by atoms with Gasteiger partial charge in [0.2, 0.25) is 0 Å². The van der Waals surface area contributed by atoms with Crippen molar-refractivity contribution < 1.29 is 0 Å². The monoisotopic (exact) mass is 200 g/mol. The molecule has 1 aromatic carbocycles. The Balaban J connectivity index is 2.52. The maximum Gasteiger partial charge on any atom is 0.0129 e. The van der Waals surface area contributed by atoms with E-state index in [1.54, 1.807) is 0 Å². The third kappa shape index (κ3) is 3.80. The van der Waals surface area contributed by atoms with Crippen molar-refractivity contribution in [1.82, 2.24) is 0 Å². The molecule has 0 heteroatoms. The molecule has 0 fully saturated rings. The summed E-state index contributed by atoms with van der Waals surface area (Å²) in [5, 5.41) is 0. The summed E-state index contributed by atoms with van der Waals surface area (Å²) in [6.45, 7) is 6.53. The maximum absolute atomic E-state index is 3.23. The minimum absolute atomic E-state index is 0.990. The summed E-state index contributed by atoms with van der Waals surface area (Å²) in [4.78, 5) is 0. The molecular weight excluding hydrogens is 180 g/mol. The van der Waals surface area contributed by atoms with Crippen molar-refractivity contribution in [2.45, 2.75) is 46.5 Å². The Labute approximate surface area is 93.7 Å². The second-order valence-corrected chi connectivity index (χ2v) is 3.96. The van der Waals surface area contributed by atoms with Gasteiger partial charge in [-0.3, -0.25) is 0 Å². The Morgan fingerprint density at radius 2 is 1.80 bits per heavy atom. The van der Waals surface area contributed by atoms with E-state index in [1.807, 2.05) is 0 Å². The summed E-state index contributed by atoms with van der Waals surface area (Å²) in [7, 11) is 0. The molecule has 0 saturated heterocycles. The second kappa shape index (κ2) is 6.30. The van der Waals surface area contributed by atoms with Gasteiger partial charge in [-0.15, -0.1) is 11.8 Å². The van der Waals surface area contributed by atoms with E-state index in [0.29, 0.717) is 0 Å². The van der Waals surface area contributed by atoms with E-state index in [4.69, 9.17) is 0 Å². The topological polar surface area (TPSA) is 0 Å². The molecule has 0 spiro atoms. The molecule has 1 rings (SSSR count). The smallest absolute Gasteiger partial charge is 0.0129 e. The molecule has 0 aliphatic heterocycles. The van der Waals surface area contributed by atoms with E-state index in [1.165, 1.54) is 16.7 Å². The number of hydrogen-bond acceptors (Lipinski definition) is 0. The lowest BCUT2D eigenvalue weighted by molar-refractivity contribution is 0.970. The first-order valence-electron chi connectivity index (χ1n) is 5.76. The minimum Gasteiger partial charge on any atom is -0.103 e. The summed E-state index contributed by atoms with van der Waals surface area (Å²) in [5.74, 6) is 6.42. The quantitative estimate of drug-likeness (QED) is 0.646. The van der Waals surface area contributed by atoms with Gasteiger partial charge in [0.05, 0.1) is 0 Å². The molecule has 0 aromatic heterocycles. The van der Waals surface area contributed by atoms with Gasteiger partial charge >= 0.3 is 0 Å². The number of rotatable bonds is 3. The Morgan fingerprint density at radius 1 is 1.07 bits per heavy atom. The largest absolute Gasteiger partial charge is 0.103 e. The highest BCUT2D eigenvalue weighted by atomic mass is 14.0. The van der Waals surface area contributed by atoms with Gasteiger partial charge in [0, 0.05) is 12.8 Å². The molecule has 0 aliphatic rings. The second-order valence-electron chi connectivity index (χ2n) is 3.96. The standard InChI is InChI=1S/C15H20/c1-4-5-6-7-8-11-15-12-9-10-13(2)14(15)3/h9-10,12H,4-5,8,11H2,1-3H3. The van der Waals surface area contributed by atoms with Crippen LogP contribution in [-0.4, -0.2) is 0 Å². The van der Waals surface area contributed by atoms with Crippen LogP contribution in [0.15, 0.2) is 18.2 Å². The van der Waals surface area contributed by atoms with Crippen LogP contribution in [0.4, 0.5) is 0 Å². The molecule has 15 heavy (non-hydrogen) atoms. The van der Waals surface area contributed by atoms with E-state index < -0.39 is 0 Å². The number of hydrogen-bond donors (Lipinski definition) is 0. The molecular formula is C15H20. The highest BCUT2D eigenvalue weighted by Gasteiger charge is 1.98. The van der Waals surface area contributed by atoms with Crippen LogP contribution in [-0.2, 0) is 6.42 Å². The summed E-state index contributed by atoms with van der Waals surface area (Å²) < 4.78 is 0. The molecule has 0 heterocycles. The fourth-order valence-corrected chi connectivity index (χ4v) is 1.58. The van der Waals surface area contributed by atoms with Crippen molar-refractivity contribution in [3.05, 3.63) is 34.9 Å². The predicted molar refractivity (Wildman–Crippen MR) is 66.9 cm³/mol. The van der Waals surface area contributed by atoms with Gasteiger partial charge in [-0.25, -0.2) is 0 Å². The first-order valence-corrected chi connectivity index (χ1v) is 5.76. The summed E-state index contributed by atoms with van der Waals surface area (Å²) in [5.41, 5.74) is 4.25. The molecule has 0 nitrogen and oxygen atoms in total. The lowest BCUT2D eigenvalue weighted by atomic mass is 10.00. The highest BCUT2D eigenvalue weighted by molar-refractivity contribution is 5.33. The van der Waals surface area contributed by atoms with Crippen LogP contribution in [0.25, 0.3) is 0 Å². The Morgan fingerprint density at radius 3 is 2.53 bits per heavy atom. The fourth-order valence-electron chi connectivity index (χ4n) is 1.58. The zero-order valence-electron chi connectivity index (χ0n) is 10.1. The first kappa shape index (κ1) is 11.9. The van der Waals surface area contributed by atoms with E-state index in [2.05, 4.69) is 50.8 Å². The van der Waals surface area contributed by atoms with Crippen LogP contribution in [0.3, 0.4) is 0 Å². The number of unbranched alkanes of at least 4 members (excludes halogenated alkanes) is 1. The van der Waals surface area contributed by atoms with Crippen LogP contribution in [0.5, 0.6) is 0 Å². The fraction of sp³-hybridized carbons (Fsp3) is 0.467. The Hall–Kier alpha value is -1.22. The van der Waals surface area contributed by atoms with Gasteiger partial charge in [-0.2, -0.15) is 0 Å². The Bertz CT molecular complexity index is 363. The van der Waals surface area contributed by atoms with Crippen molar-refractivity contribution in [3.8, 4) is 11.8 Å². The van der Waals surface area contributed by atoms with Crippen LogP contribution >= 0.6 is 0 Å². The van der Waals surface area contributed by atoms with E-state index in [-0.39, 0.29) is 0 Å². The van der Waals surface area contributed by atoms with Crippen LogP contribution in [0.1, 0.15) is 42.9 Å². The van der Waals surface area contributed by atoms with E-state index in [0.717, 1.165) is 25.7 Å². The molecule has 0 amide bonds. The van der Waals surface area contributed by atoms with Gasteiger partial charge in [-0.05, 0) is 43.4 Å². The maximum atomic E-state index is 3.23. The molecule has 0 aliphatic carbocycles. The average molecular weight is 200 g/mol. The minimum atomic E-state index is 0.990. The molecule has 0 unspecified atom stereocenters. The number of aryl methyl sites for hydroxylation is 2.